The second kappa shape index (κ2) is 4.36. The highest BCUT2D eigenvalue weighted by molar-refractivity contribution is 9.10. The first-order chi connectivity index (χ1) is 7.62. The summed E-state index contributed by atoms with van der Waals surface area (Å²) in [6, 6.07) is 11.3. The molecular formula is C13H12BrNO. The van der Waals surface area contributed by atoms with Crippen LogP contribution in [0.4, 0.5) is 0 Å². The van der Waals surface area contributed by atoms with Gasteiger partial charge in [-0.25, -0.2) is 0 Å². The van der Waals surface area contributed by atoms with Crippen LogP contribution >= 0.6 is 15.9 Å². The number of benzene rings is 1. The number of aliphatic hydroxyl groups is 1. The molecule has 0 aliphatic rings. The summed E-state index contributed by atoms with van der Waals surface area (Å²) in [7, 11) is 0. The molecular weight excluding hydrogens is 266 g/mol. The van der Waals surface area contributed by atoms with Crippen LogP contribution in [0.15, 0.2) is 53.3 Å². The highest BCUT2D eigenvalue weighted by Gasteiger charge is 2.27. The van der Waals surface area contributed by atoms with E-state index >= 15 is 0 Å². The molecule has 82 valence electrons. The van der Waals surface area contributed by atoms with Crippen LogP contribution in [0.5, 0.6) is 0 Å². The normalized spacial score (nSPS) is 14.4. The third-order valence-electron chi connectivity index (χ3n) is 2.62. The van der Waals surface area contributed by atoms with Gasteiger partial charge >= 0.3 is 0 Å². The topological polar surface area (TPSA) is 33.1 Å². The van der Waals surface area contributed by atoms with Crippen LogP contribution in [0.3, 0.4) is 0 Å². The van der Waals surface area contributed by atoms with Crippen molar-refractivity contribution in [2.45, 2.75) is 12.5 Å². The Morgan fingerprint density at radius 2 is 1.94 bits per heavy atom. The molecule has 1 N–H and O–H groups in total. The van der Waals surface area contributed by atoms with Gasteiger partial charge in [0.25, 0.3) is 0 Å². The van der Waals surface area contributed by atoms with E-state index in [9.17, 15) is 5.11 Å². The second-order valence-electron chi connectivity index (χ2n) is 3.79. The fourth-order valence-electron chi connectivity index (χ4n) is 1.66. The summed E-state index contributed by atoms with van der Waals surface area (Å²) < 4.78 is 0.892. The molecule has 0 spiro atoms. The summed E-state index contributed by atoms with van der Waals surface area (Å²) in [5, 5.41) is 10.6. The molecule has 1 aromatic heterocycles. The van der Waals surface area contributed by atoms with Crippen molar-refractivity contribution in [2.24, 2.45) is 0 Å². The maximum Gasteiger partial charge on any atom is 0.114 e. The molecule has 2 nitrogen and oxygen atoms in total. The molecule has 0 saturated heterocycles. The van der Waals surface area contributed by atoms with Crippen molar-refractivity contribution in [3.8, 4) is 0 Å². The maximum atomic E-state index is 10.6. The van der Waals surface area contributed by atoms with E-state index in [1.807, 2.05) is 36.4 Å². The van der Waals surface area contributed by atoms with E-state index in [0.29, 0.717) is 0 Å². The molecule has 0 fully saturated rings. The number of rotatable bonds is 2. The van der Waals surface area contributed by atoms with Crippen molar-refractivity contribution in [3.63, 3.8) is 0 Å². The van der Waals surface area contributed by atoms with Crippen LogP contribution in [0.25, 0.3) is 0 Å². The molecule has 0 radical (unpaired) electrons. The third kappa shape index (κ3) is 2.01. The number of halogens is 1. The molecule has 16 heavy (non-hydrogen) atoms. The van der Waals surface area contributed by atoms with Gasteiger partial charge in [0, 0.05) is 28.0 Å². The van der Waals surface area contributed by atoms with Crippen LogP contribution in [-0.4, -0.2) is 10.1 Å². The molecule has 0 aliphatic heterocycles. The van der Waals surface area contributed by atoms with Gasteiger partial charge in [0.2, 0.25) is 0 Å². The molecule has 0 saturated carbocycles. The van der Waals surface area contributed by atoms with E-state index in [-0.39, 0.29) is 0 Å². The van der Waals surface area contributed by atoms with Crippen molar-refractivity contribution in [1.29, 1.82) is 0 Å². The predicted octanol–water partition coefficient (Wildman–Crippen LogP) is 3.10. The van der Waals surface area contributed by atoms with Gasteiger partial charge < -0.3 is 5.11 Å². The van der Waals surface area contributed by atoms with Gasteiger partial charge in [0.15, 0.2) is 0 Å². The highest BCUT2D eigenvalue weighted by atomic mass is 79.9. The van der Waals surface area contributed by atoms with E-state index in [1.165, 1.54) is 0 Å². The van der Waals surface area contributed by atoms with Crippen molar-refractivity contribution >= 4 is 15.9 Å². The number of pyridine rings is 1. The monoisotopic (exact) mass is 277 g/mol. The van der Waals surface area contributed by atoms with Gasteiger partial charge in [0.1, 0.15) is 5.60 Å². The maximum absolute atomic E-state index is 10.6. The van der Waals surface area contributed by atoms with Crippen molar-refractivity contribution in [3.05, 3.63) is 64.4 Å². The lowest BCUT2D eigenvalue weighted by Crippen LogP contribution is -2.23. The summed E-state index contributed by atoms with van der Waals surface area (Å²) in [6.45, 7) is 1.77. The zero-order valence-electron chi connectivity index (χ0n) is 8.89. The highest BCUT2D eigenvalue weighted by Crippen LogP contribution is 2.33. The lowest BCUT2D eigenvalue weighted by molar-refractivity contribution is 0.101. The average Bonchev–Trinajstić information content (AvgIpc) is 2.30. The summed E-state index contributed by atoms with van der Waals surface area (Å²) in [5.74, 6) is 0. The molecule has 0 bridgehead atoms. The Morgan fingerprint density at radius 1 is 1.19 bits per heavy atom. The second-order valence-corrected chi connectivity index (χ2v) is 4.65. The Kier molecular flexibility index (Phi) is 3.08. The summed E-state index contributed by atoms with van der Waals surface area (Å²) in [5.41, 5.74) is 0.582. The SMILES string of the molecule is CC(O)(c1cccnc1)c1ccccc1Br. The van der Waals surface area contributed by atoms with Crippen LogP contribution in [0, 0.1) is 0 Å². The summed E-state index contributed by atoms with van der Waals surface area (Å²) in [4.78, 5) is 4.03. The number of aromatic nitrogens is 1. The van der Waals surface area contributed by atoms with Gasteiger partial charge in [-0.3, -0.25) is 4.98 Å². The Hall–Kier alpha value is -1.19. The van der Waals surface area contributed by atoms with Crippen molar-refractivity contribution in [2.75, 3.05) is 0 Å². The quantitative estimate of drug-likeness (QED) is 0.915. The van der Waals surface area contributed by atoms with Gasteiger partial charge in [0.05, 0.1) is 0 Å². The minimum atomic E-state index is -1.03. The zero-order chi connectivity index (χ0) is 11.6. The van der Waals surface area contributed by atoms with Crippen molar-refractivity contribution < 1.29 is 5.11 Å². The van der Waals surface area contributed by atoms with E-state index < -0.39 is 5.60 Å². The number of hydrogen-bond donors (Lipinski definition) is 1. The molecule has 0 amide bonds. The minimum absolute atomic E-state index is 0.780. The average molecular weight is 278 g/mol. The van der Waals surface area contributed by atoms with E-state index in [2.05, 4.69) is 20.9 Å². The van der Waals surface area contributed by atoms with Crippen molar-refractivity contribution in [1.82, 2.24) is 4.98 Å². The third-order valence-corrected chi connectivity index (χ3v) is 3.31. The lowest BCUT2D eigenvalue weighted by Gasteiger charge is -2.25. The first-order valence-electron chi connectivity index (χ1n) is 5.00. The summed E-state index contributed by atoms with van der Waals surface area (Å²) >= 11 is 3.45. The number of hydrogen-bond acceptors (Lipinski definition) is 2. The smallest absolute Gasteiger partial charge is 0.114 e. The Morgan fingerprint density at radius 3 is 2.56 bits per heavy atom. The van der Waals surface area contributed by atoms with Gasteiger partial charge in [-0.1, -0.05) is 40.2 Å². The zero-order valence-corrected chi connectivity index (χ0v) is 10.5. The minimum Gasteiger partial charge on any atom is -0.381 e. The molecule has 2 aromatic rings. The van der Waals surface area contributed by atoms with Gasteiger partial charge in [-0.15, -0.1) is 0 Å². The molecule has 3 heteroatoms. The molecule has 1 atom stereocenters. The number of nitrogens with zero attached hydrogens (tertiary/aromatic N) is 1. The molecule has 2 rings (SSSR count). The van der Waals surface area contributed by atoms with Crippen LogP contribution in [-0.2, 0) is 5.60 Å². The first kappa shape index (κ1) is 11.3. The molecule has 0 aliphatic carbocycles. The summed E-state index contributed by atoms with van der Waals surface area (Å²) in [6.07, 6.45) is 3.37. The van der Waals surface area contributed by atoms with Gasteiger partial charge in [-0.05, 0) is 19.1 Å². The molecule has 1 heterocycles. The Balaban J connectivity index is 2.51. The molecule has 1 unspecified atom stereocenters. The van der Waals surface area contributed by atoms with E-state index in [0.717, 1.165) is 15.6 Å². The fourth-order valence-corrected chi connectivity index (χ4v) is 2.33. The van der Waals surface area contributed by atoms with E-state index in [1.54, 1.807) is 19.3 Å². The Bertz CT molecular complexity index is 482. The predicted molar refractivity (Wildman–Crippen MR) is 67.1 cm³/mol. The fraction of sp³-hybridized carbons (Fsp3) is 0.154. The largest absolute Gasteiger partial charge is 0.381 e. The first-order valence-corrected chi connectivity index (χ1v) is 5.79. The van der Waals surface area contributed by atoms with Crippen LogP contribution in [0.2, 0.25) is 0 Å². The van der Waals surface area contributed by atoms with E-state index in [4.69, 9.17) is 0 Å². The van der Waals surface area contributed by atoms with Gasteiger partial charge in [-0.2, -0.15) is 0 Å². The molecule has 1 aromatic carbocycles. The lowest BCUT2D eigenvalue weighted by atomic mass is 9.89. The van der Waals surface area contributed by atoms with Crippen LogP contribution in [0.1, 0.15) is 18.1 Å². The van der Waals surface area contributed by atoms with Crippen LogP contribution < -0.4 is 0 Å². The standard InChI is InChI=1S/C13H12BrNO/c1-13(16,10-5-4-8-15-9-10)11-6-2-3-7-12(11)14/h2-9,16H,1H3. The Labute approximate surface area is 103 Å².